The average Bonchev–Trinajstić information content (AvgIpc) is 3.63. The molecule has 1 saturated carbocycles. The summed E-state index contributed by atoms with van der Waals surface area (Å²) < 4.78 is 6.53. The lowest BCUT2D eigenvalue weighted by molar-refractivity contribution is -0.122. The molecule has 2 aliphatic heterocycles. The number of nitrogens with one attached hydrogen (secondary N) is 1. The Morgan fingerprint density at radius 3 is 2.68 bits per heavy atom. The molecule has 2 fully saturated rings. The number of piperidine rings is 1. The molecule has 1 spiro atoms. The van der Waals surface area contributed by atoms with Crippen LogP contribution in [0.1, 0.15) is 60.4 Å². The molecule has 2 aromatic rings. The Balaban J connectivity index is 1.27. The predicted octanol–water partition coefficient (Wildman–Crippen LogP) is 3.54. The van der Waals surface area contributed by atoms with Gasteiger partial charge in [0.1, 0.15) is 11.4 Å². The molecule has 1 aromatic heterocycles. The Kier molecular flexibility index (Phi) is 5.38. The molecule has 162 valence electrons. The molecule has 2 amide bonds. The largest absolute Gasteiger partial charge is 0.487 e. The van der Waals surface area contributed by atoms with Crippen molar-refractivity contribution in [2.45, 2.75) is 50.0 Å². The van der Waals surface area contributed by atoms with Crippen LogP contribution in [0, 0.1) is 5.92 Å². The van der Waals surface area contributed by atoms with Crippen molar-refractivity contribution in [3.63, 3.8) is 0 Å². The normalized spacial score (nSPS) is 21.8. The maximum Gasteiger partial charge on any atom is 0.255 e. The molecule has 6 heteroatoms. The van der Waals surface area contributed by atoms with Gasteiger partial charge in [0.15, 0.2) is 0 Å². The third-order valence-corrected chi connectivity index (χ3v) is 6.89. The van der Waals surface area contributed by atoms with Gasteiger partial charge in [-0.25, -0.2) is 0 Å². The Morgan fingerprint density at radius 2 is 1.94 bits per heavy atom. The van der Waals surface area contributed by atoms with Gasteiger partial charge in [-0.1, -0.05) is 18.2 Å². The third kappa shape index (κ3) is 4.43. The topological polar surface area (TPSA) is 71.5 Å². The zero-order valence-electron chi connectivity index (χ0n) is 17.8. The van der Waals surface area contributed by atoms with Crippen LogP contribution in [-0.4, -0.2) is 46.9 Å². The van der Waals surface area contributed by atoms with Gasteiger partial charge < -0.3 is 15.0 Å². The first-order valence-electron chi connectivity index (χ1n) is 11.4. The maximum absolute atomic E-state index is 12.8. The van der Waals surface area contributed by atoms with Gasteiger partial charge in [-0.05, 0) is 48.9 Å². The number of ether oxygens (including phenoxy) is 1. The fourth-order valence-corrected chi connectivity index (χ4v) is 4.90. The van der Waals surface area contributed by atoms with E-state index >= 15 is 0 Å². The monoisotopic (exact) mass is 419 g/mol. The van der Waals surface area contributed by atoms with E-state index in [2.05, 4.69) is 16.4 Å². The molecule has 3 aliphatic rings. The van der Waals surface area contributed by atoms with Crippen LogP contribution < -0.4 is 10.1 Å². The van der Waals surface area contributed by atoms with Crippen LogP contribution in [0.15, 0.2) is 48.8 Å². The number of likely N-dealkylation sites (tertiary alicyclic amines) is 1. The van der Waals surface area contributed by atoms with Crippen molar-refractivity contribution in [2.24, 2.45) is 5.92 Å². The molecular weight excluding hydrogens is 390 g/mol. The second-order valence-electron chi connectivity index (χ2n) is 9.21. The number of fused-ring (bicyclic) bond motifs is 1. The molecule has 0 radical (unpaired) electrons. The smallest absolute Gasteiger partial charge is 0.255 e. The summed E-state index contributed by atoms with van der Waals surface area (Å²) >= 11 is 0. The van der Waals surface area contributed by atoms with E-state index in [9.17, 15) is 9.59 Å². The van der Waals surface area contributed by atoms with E-state index in [0.29, 0.717) is 31.0 Å². The molecule has 1 atom stereocenters. The number of hydrogen-bond donors (Lipinski definition) is 1. The lowest BCUT2D eigenvalue weighted by Crippen LogP contribution is -2.52. The maximum atomic E-state index is 12.8. The van der Waals surface area contributed by atoms with Crippen LogP contribution in [0.25, 0.3) is 0 Å². The predicted molar refractivity (Wildman–Crippen MR) is 117 cm³/mol. The molecule has 1 aromatic carbocycles. The van der Waals surface area contributed by atoms with Crippen molar-refractivity contribution in [1.82, 2.24) is 15.2 Å². The summed E-state index contributed by atoms with van der Waals surface area (Å²) in [4.78, 5) is 31.4. The van der Waals surface area contributed by atoms with Crippen LogP contribution in [0.3, 0.4) is 0 Å². The highest BCUT2D eigenvalue weighted by atomic mass is 16.5. The molecule has 31 heavy (non-hydrogen) atoms. The Hall–Kier alpha value is -2.89. The highest BCUT2D eigenvalue weighted by Crippen LogP contribution is 2.46. The summed E-state index contributed by atoms with van der Waals surface area (Å²) in [6.45, 7) is 2.10. The average molecular weight is 420 g/mol. The van der Waals surface area contributed by atoms with Crippen LogP contribution >= 0.6 is 0 Å². The van der Waals surface area contributed by atoms with E-state index in [1.54, 1.807) is 18.5 Å². The van der Waals surface area contributed by atoms with Crippen LogP contribution in [0.5, 0.6) is 5.75 Å². The number of nitrogens with zero attached hydrogens (tertiary/aromatic N) is 2. The van der Waals surface area contributed by atoms with Gasteiger partial charge in [0.25, 0.3) is 5.91 Å². The summed E-state index contributed by atoms with van der Waals surface area (Å²) in [6, 6.07) is 11.7. The summed E-state index contributed by atoms with van der Waals surface area (Å²) in [5, 5.41) is 3.12. The SMILES string of the molecule is O=C(C[C@@H]1CC2(CCN(C(=O)c3cccnc3)CC2)Oc2ccccc21)NCC1CC1. The van der Waals surface area contributed by atoms with Crippen LogP contribution in [0.4, 0.5) is 0 Å². The van der Waals surface area contributed by atoms with Crippen LogP contribution in [0.2, 0.25) is 0 Å². The van der Waals surface area contributed by atoms with E-state index in [0.717, 1.165) is 37.1 Å². The number of carbonyl (C=O) groups excluding carboxylic acids is 2. The molecule has 3 heterocycles. The number of amides is 2. The van der Waals surface area contributed by atoms with Crippen LogP contribution in [-0.2, 0) is 4.79 Å². The third-order valence-electron chi connectivity index (χ3n) is 6.89. The molecule has 1 aliphatic carbocycles. The van der Waals surface area contributed by atoms with E-state index in [-0.39, 0.29) is 23.3 Å². The first-order valence-corrected chi connectivity index (χ1v) is 11.4. The first kappa shape index (κ1) is 20.0. The second-order valence-corrected chi connectivity index (χ2v) is 9.21. The van der Waals surface area contributed by atoms with Crippen molar-refractivity contribution in [3.05, 3.63) is 59.9 Å². The molecule has 0 bridgehead atoms. The number of aromatic nitrogens is 1. The lowest BCUT2D eigenvalue weighted by Gasteiger charge is -2.47. The molecule has 0 unspecified atom stereocenters. The second kappa shape index (κ2) is 8.33. The van der Waals surface area contributed by atoms with E-state index in [1.807, 2.05) is 29.2 Å². The van der Waals surface area contributed by atoms with Gasteiger partial charge in [0.05, 0.1) is 5.56 Å². The molecule has 5 rings (SSSR count). The van der Waals surface area contributed by atoms with E-state index in [4.69, 9.17) is 4.74 Å². The van der Waals surface area contributed by atoms with Crippen molar-refractivity contribution in [2.75, 3.05) is 19.6 Å². The standard InChI is InChI=1S/C25H29N3O3/c29-23(27-16-18-7-8-18)14-20-15-25(31-22-6-2-1-5-21(20)22)9-12-28(13-10-25)24(30)19-4-3-11-26-17-19/h1-6,11,17-18,20H,7-10,12-16H2,(H,27,29)/t20-/m1/s1. The highest BCUT2D eigenvalue weighted by molar-refractivity contribution is 5.93. The number of hydrogen-bond acceptors (Lipinski definition) is 4. The van der Waals surface area contributed by atoms with Crippen molar-refractivity contribution in [3.8, 4) is 5.75 Å². The Labute approximate surface area is 183 Å². The van der Waals surface area contributed by atoms with Gasteiger partial charge in [0, 0.05) is 57.2 Å². The quantitative estimate of drug-likeness (QED) is 0.805. The number of pyridine rings is 1. The molecule has 6 nitrogen and oxygen atoms in total. The number of rotatable bonds is 5. The summed E-state index contributed by atoms with van der Waals surface area (Å²) in [5.74, 6) is 1.87. The zero-order chi connectivity index (χ0) is 21.3. The minimum Gasteiger partial charge on any atom is -0.487 e. The number of carbonyl (C=O) groups is 2. The minimum atomic E-state index is -0.318. The fourth-order valence-electron chi connectivity index (χ4n) is 4.90. The van der Waals surface area contributed by atoms with Crippen molar-refractivity contribution >= 4 is 11.8 Å². The van der Waals surface area contributed by atoms with Gasteiger partial charge >= 0.3 is 0 Å². The van der Waals surface area contributed by atoms with E-state index < -0.39 is 0 Å². The van der Waals surface area contributed by atoms with Gasteiger partial charge in [0.2, 0.25) is 5.91 Å². The van der Waals surface area contributed by atoms with E-state index in [1.165, 1.54) is 12.8 Å². The first-order chi connectivity index (χ1) is 15.1. The Morgan fingerprint density at radius 1 is 1.13 bits per heavy atom. The fraction of sp³-hybridized carbons (Fsp3) is 0.480. The van der Waals surface area contributed by atoms with Gasteiger partial charge in [-0.2, -0.15) is 0 Å². The molecule has 1 saturated heterocycles. The minimum absolute atomic E-state index is 0.0233. The lowest BCUT2D eigenvalue weighted by atomic mass is 9.76. The summed E-state index contributed by atoms with van der Waals surface area (Å²) in [7, 11) is 0. The molecule has 1 N–H and O–H groups in total. The molecular formula is C25H29N3O3. The number of para-hydroxylation sites is 1. The Bertz CT molecular complexity index is 949. The summed E-state index contributed by atoms with van der Waals surface area (Å²) in [6.07, 6.45) is 8.62. The number of benzene rings is 1. The highest BCUT2D eigenvalue weighted by Gasteiger charge is 2.44. The zero-order valence-corrected chi connectivity index (χ0v) is 17.8. The van der Waals surface area contributed by atoms with Crippen molar-refractivity contribution in [1.29, 1.82) is 0 Å². The van der Waals surface area contributed by atoms with Crippen molar-refractivity contribution < 1.29 is 14.3 Å². The summed E-state index contributed by atoms with van der Waals surface area (Å²) in [5.41, 5.74) is 1.43. The van der Waals surface area contributed by atoms with Gasteiger partial charge in [-0.15, -0.1) is 0 Å². The van der Waals surface area contributed by atoms with Gasteiger partial charge in [-0.3, -0.25) is 14.6 Å².